The largest absolute Gasteiger partial charge is 0.366 e. The van der Waals surface area contributed by atoms with Crippen molar-refractivity contribution in [1.29, 1.82) is 0 Å². The summed E-state index contributed by atoms with van der Waals surface area (Å²) >= 11 is 1.63. The summed E-state index contributed by atoms with van der Waals surface area (Å²) in [5.41, 5.74) is 11.7. The van der Waals surface area contributed by atoms with Crippen LogP contribution in [0.25, 0.3) is 11.1 Å². The molecule has 2 aromatic heterocycles. The Morgan fingerprint density at radius 2 is 1.87 bits per heavy atom. The van der Waals surface area contributed by atoms with Crippen LogP contribution in [0.2, 0.25) is 0 Å². The molecule has 0 fully saturated rings. The molecule has 1 aromatic carbocycles. The minimum Gasteiger partial charge on any atom is -0.366 e. The number of hydrogen-bond donors (Lipinski definition) is 1. The van der Waals surface area contributed by atoms with Gasteiger partial charge in [-0.05, 0) is 48.2 Å². The number of aryl methyl sites for hydroxylation is 1. The van der Waals surface area contributed by atoms with Crippen LogP contribution in [-0.4, -0.2) is 10.5 Å². The highest BCUT2D eigenvalue weighted by atomic mass is 32.1. The number of carbonyl (C=O) groups excluding carboxylic acids is 1. The molecule has 0 aliphatic carbocycles. The first kappa shape index (κ1) is 15.6. The summed E-state index contributed by atoms with van der Waals surface area (Å²) in [5.74, 6) is -0.356. The zero-order chi connectivity index (χ0) is 16.4. The molecule has 3 aromatic rings. The third kappa shape index (κ3) is 2.94. The molecule has 4 heteroatoms. The first-order chi connectivity index (χ1) is 11.1. The third-order valence-corrected chi connectivity index (χ3v) is 4.99. The SMILES string of the molecule is Cc1c(C(N)=O)c(-c2ccsc2)c(C)n1CCc1ccccc1. The van der Waals surface area contributed by atoms with Crippen LogP contribution in [0, 0.1) is 13.8 Å². The Hall–Kier alpha value is -2.33. The lowest BCUT2D eigenvalue weighted by Gasteiger charge is -2.10. The molecular formula is C19H20N2OS. The van der Waals surface area contributed by atoms with Crippen molar-refractivity contribution in [3.05, 3.63) is 69.7 Å². The fraction of sp³-hybridized carbons (Fsp3) is 0.211. The second-order valence-corrected chi connectivity index (χ2v) is 6.46. The molecule has 3 nitrogen and oxygen atoms in total. The third-order valence-electron chi connectivity index (χ3n) is 4.31. The van der Waals surface area contributed by atoms with Gasteiger partial charge < -0.3 is 10.3 Å². The molecule has 23 heavy (non-hydrogen) atoms. The molecule has 2 N–H and O–H groups in total. The summed E-state index contributed by atoms with van der Waals surface area (Å²) < 4.78 is 2.21. The second kappa shape index (κ2) is 6.42. The maximum absolute atomic E-state index is 12.0. The molecule has 0 bridgehead atoms. The highest BCUT2D eigenvalue weighted by Crippen LogP contribution is 2.33. The molecule has 0 saturated carbocycles. The summed E-state index contributed by atoms with van der Waals surface area (Å²) in [6.07, 6.45) is 0.929. The van der Waals surface area contributed by atoms with Crippen molar-refractivity contribution in [2.75, 3.05) is 0 Å². The van der Waals surface area contributed by atoms with E-state index in [9.17, 15) is 4.79 Å². The fourth-order valence-electron chi connectivity index (χ4n) is 3.17. The molecule has 0 aliphatic heterocycles. The fourth-order valence-corrected chi connectivity index (χ4v) is 3.81. The number of aromatic nitrogens is 1. The van der Waals surface area contributed by atoms with Crippen LogP contribution in [0.5, 0.6) is 0 Å². The van der Waals surface area contributed by atoms with E-state index in [0.29, 0.717) is 5.56 Å². The van der Waals surface area contributed by atoms with Gasteiger partial charge in [0.1, 0.15) is 0 Å². The molecule has 0 atom stereocenters. The van der Waals surface area contributed by atoms with E-state index < -0.39 is 0 Å². The lowest BCUT2D eigenvalue weighted by atomic mass is 10.0. The molecule has 0 aliphatic rings. The van der Waals surface area contributed by atoms with E-state index in [4.69, 9.17) is 5.73 Å². The minimum atomic E-state index is -0.356. The molecule has 2 heterocycles. The van der Waals surface area contributed by atoms with Gasteiger partial charge in [0.15, 0.2) is 0 Å². The molecule has 3 rings (SSSR count). The summed E-state index contributed by atoms with van der Waals surface area (Å²) in [4.78, 5) is 12.0. The molecule has 1 amide bonds. The van der Waals surface area contributed by atoms with Gasteiger partial charge in [0.25, 0.3) is 5.91 Å². The topological polar surface area (TPSA) is 48.0 Å². The Balaban J connectivity index is 2.01. The predicted octanol–water partition coefficient (Wildman–Crippen LogP) is 4.18. The van der Waals surface area contributed by atoms with E-state index in [0.717, 1.165) is 35.5 Å². The van der Waals surface area contributed by atoms with E-state index in [1.807, 2.05) is 24.4 Å². The number of thiophene rings is 1. The average Bonchev–Trinajstić information content (AvgIpc) is 3.13. The smallest absolute Gasteiger partial charge is 0.251 e. The number of hydrogen-bond acceptors (Lipinski definition) is 2. The van der Waals surface area contributed by atoms with Crippen molar-refractivity contribution in [2.24, 2.45) is 5.73 Å². The molecule has 118 valence electrons. The summed E-state index contributed by atoms with van der Waals surface area (Å²) in [5, 5.41) is 4.09. The van der Waals surface area contributed by atoms with E-state index in [2.05, 4.69) is 41.1 Å². The van der Waals surface area contributed by atoms with Gasteiger partial charge >= 0.3 is 0 Å². The highest BCUT2D eigenvalue weighted by molar-refractivity contribution is 7.08. The predicted molar refractivity (Wildman–Crippen MR) is 95.9 cm³/mol. The van der Waals surface area contributed by atoms with Crippen molar-refractivity contribution in [3.8, 4) is 11.1 Å². The van der Waals surface area contributed by atoms with Crippen LogP contribution < -0.4 is 5.73 Å². The number of nitrogens with two attached hydrogens (primary N) is 1. The number of primary amides is 1. The summed E-state index contributed by atoms with van der Waals surface area (Å²) in [6, 6.07) is 12.4. The number of rotatable bonds is 5. The zero-order valence-electron chi connectivity index (χ0n) is 13.4. The lowest BCUT2D eigenvalue weighted by Crippen LogP contribution is -2.13. The number of nitrogens with zero attached hydrogens (tertiary/aromatic N) is 1. The number of amides is 1. The molecule has 0 saturated heterocycles. The Bertz CT molecular complexity index is 817. The van der Waals surface area contributed by atoms with Gasteiger partial charge in [-0.2, -0.15) is 11.3 Å². The van der Waals surface area contributed by atoms with E-state index in [1.165, 1.54) is 5.56 Å². The summed E-state index contributed by atoms with van der Waals surface area (Å²) in [7, 11) is 0. The van der Waals surface area contributed by atoms with Crippen LogP contribution in [-0.2, 0) is 13.0 Å². The average molecular weight is 324 g/mol. The summed E-state index contributed by atoms with van der Waals surface area (Å²) in [6.45, 7) is 4.89. The Kier molecular flexibility index (Phi) is 4.35. The van der Waals surface area contributed by atoms with Crippen LogP contribution in [0.3, 0.4) is 0 Å². The number of benzene rings is 1. The quantitative estimate of drug-likeness (QED) is 0.752. The Morgan fingerprint density at radius 1 is 1.13 bits per heavy atom. The second-order valence-electron chi connectivity index (χ2n) is 5.68. The van der Waals surface area contributed by atoms with Gasteiger partial charge in [0.2, 0.25) is 0 Å². The van der Waals surface area contributed by atoms with E-state index in [-0.39, 0.29) is 5.91 Å². The van der Waals surface area contributed by atoms with Crippen LogP contribution >= 0.6 is 11.3 Å². The van der Waals surface area contributed by atoms with Crippen LogP contribution in [0.4, 0.5) is 0 Å². The number of carbonyl (C=O) groups is 1. The molecule has 0 radical (unpaired) electrons. The maximum Gasteiger partial charge on any atom is 0.251 e. The first-order valence-corrected chi connectivity index (χ1v) is 8.60. The van der Waals surface area contributed by atoms with E-state index in [1.54, 1.807) is 11.3 Å². The Labute approximate surface area is 140 Å². The highest BCUT2D eigenvalue weighted by Gasteiger charge is 2.22. The van der Waals surface area contributed by atoms with Gasteiger partial charge in [-0.15, -0.1) is 0 Å². The Morgan fingerprint density at radius 3 is 2.48 bits per heavy atom. The lowest BCUT2D eigenvalue weighted by molar-refractivity contribution is 0.1000. The molecule has 0 unspecified atom stereocenters. The van der Waals surface area contributed by atoms with Crippen LogP contribution in [0.1, 0.15) is 27.3 Å². The van der Waals surface area contributed by atoms with Gasteiger partial charge in [-0.1, -0.05) is 30.3 Å². The van der Waals surface area contributed by atoms with Gasteiger partial charge in [0.05, 0.1) is 5.56 Å². The first-order valence-electron chi connectivity index (χ1n) is 7.65. The van der Waals surface area contributed by atoms with Crippen molar-refractivity contribution < 1.29 is 4.79 Å². The van der Waals surface area contributed by atoms with Crippen molar-refractivity contribution >= 4 is 17.2 Å². The van der Waals surface area contributed by atoms with Crippen molar-refractivity contribution in [2.45, 2.75) is 26.8 Å². The van der Waals surface area contributed by atoms with Gasteiger partial charge in [0, 0.05) is 23.5 Å². The van der Waals surface area contributed by atoms with Gasteiger partial charge in [-0.3, -0.25) is 4.79 Å². The maximum atomic E-state index is 12.0. The van der Waals surface area contributed by atoms with Crippen molar-refractivity contribution in [3.63, 3.8) is 0 Å². The van der Waals surface area contributed by atoms with E-state index >= 15 is 0 Å². The normalized spacial score (nSPS) is 10.9. The monoisotopic (exact) mass is 324 g/mol. The standard InChI is InChI=1S/C19H20N2OS/c1-13-17(16-9-11-23-12-16)18(19(20)22)14(2)21(13)10-8-15-6-4-3-5-7-15/h3-7,9,11-12H,8,10H2,1-2H3,(H2,20,22). The van der Waals surface area contributed by atoms with Crippen LogP contribution in [0.15, 0.2) is 47.2 Å². The zero-order valence-corrected chi connectivity index (χ0v) is 14.2. The minimum absolute atomic E-state index is 0.356. The van der Waals surface area contributed by atoms with Gasteiger partial charge in [-0.25, -0.2) is 0 Å². The molecular weight excluding hydrogens is 304 g/mol. The van der Waals surface area contributed by atoms with Crippen molar-refractivity contribution in [1.82, 2.24) is 4.57 Å². The molecule has 0 spiro atoms.